The summed E-state index contributed by atoms with van der Waals surface area (Å²) in [5, 5.41) is 16.2. The molecule has 0 spiro atoms. The van der Waals surface area contributed by atoms with Gasteiger partial charge in [-0.1, -0.05) is 127 Å². The highest BCUT2D eigenvalue weighted by Gasteiger charge is 2.40. The Hall–Kier alpha value is -5.46. The molecule has 0 radical (unpaired) electrons. The molecule has 1 aromatic heterocycles. The molecule has 0 aliphatic rings. The molecule has 0 fully saturated rings. The topological polar surface area (TPSA) is 80.6 Å². The van der Waals surface area contributed by atoms with Crippen molar-refractivity contribution in [2.24, 2.45) is 7.05 Å². The van der Waals surface area contributed by atoms with Crippen molar-refractivity contribution in [3.8, 4) is 16.9 Å². The summed E-state index contributed by atoms with van der Waals surface area (Å²) < 4.78 is 7.28. The number of aryl methyl sites for hydroxylation is 1. The Kier molecular flexibility index (Phi) is 8.55. The van der Waals surface area contributed by atoms with Crippen molar-refractivity contribution in [1.82, 2.24) is 9.88 Å². The Bertz CT molecular complexity index is 1960. The first-order valence-electron chi connectivity index (χ1n) is 15.3. The second-order valence-corrected chi connectivity index (χ2v) is 11.5. The number of hydrogen-bond acceptors (Lipinski definition) is 4. The molecule has 1 atom stereocenters. The molecule has 46 heavy (non-hydrogen) atoms. The zero-order valence-electron chi connectivity index (χ0n) is 26.1. The molecular formula is C40H36N2O4. The van der Waals surface area contributed by atoms with Crippen LogP contribution in [0.25, 0.3) is 21.9 Å². The van der Waals surface area contributed by atoms with E-state index in [1.54, 1.807) is 18.7 Å². The average Bonchev–Trinajstić information content (AvgIpc) is 3.10. The standard InChI is InChI=1S/C40H36N2O4/c1-27-25-36(46-3)37(38(43)42(27)2)34-24-23-28(32-21-13-14-22-33(32)34)26-35(39(44)45)41-40(29-15-7-4-8-16-29,30-17-9-5-10-18-30)31-19-11-6-12-20-31/h4-25,35,41H,26H2,1-3H3,(H,44,45)/t35-/m0/s1. The van der Waals surface area contributed by atoms with Gasteiger partial charge in [-0.2, -0.15) is 0 Å². The monoisotopic (exact) mass is 608 g/mol. The molecule has 6 rings (SSSR count). The summed E-state index contributed by atoms with van der Waals surface area (Å²) in [6.07, 6.45) is 0.202. The first-order chi connectivity index (χ1) is 22.3. The molecule has 6 aromatic rings. The Labute approximate surface area is 268 Å². The smallest absolute Gasteiger partial charge is 0.321 e. The van der Waals surface area contributed by atoms with E-state index >= 15 is 0 Å². The molecular weight excluding hydrogens is 572 g/mol. The molecule has 2 N–H and O–H groups in total. The lowest BCUT2D eigenvalue weighted by Crippen LogP contribution is -2.53. The summed E-state index contributed by atoms with van der Waals surface area (Å²) in [5.41, 5.74) is 4.54. The molecule has 0 amide bonds. The summed E-state index contributed by atoms with van der Waals surface area (Å²) in [6, 6.07) is 42.5. The van der Waals surface area contributed by atoms with Crippen LogP contribution in [-0.4, -0.2) is 28.8 Å². The fourth-order valence-electron chi connectivity index (χ4n) is 6.45. The van der Waals surface area contributed by atoms with Crippen molar-refractivity contribution in [2.75, 3.05) is 7.11 Å². The average molecular weight is 609 g/mol. The molecule has 230 valence electrons. The van der Waals surface area contributed by atoms with Crippen LogP contribution in [0, 0.1) is 6.92 Å². The summed E-state index contributed by atoms with van der Waals surface area (Å²) in [4.78, 5) is 26.7. The Morgan fingerprint density at radius 3 is 1.78 bits per heavy atom. The van der Waals surface area contributed by atoms with E-state index in [9.17, 15) is 14.7 Å². The zero-order chi connectivity index (χ0) is 32.3. The van der Waals surface area contributed by atoms with Crippen molar-refractivity contribution in [2.45, 2.75) is 24.9 Å². The number of aromatic nitrogens is 1. The SMILES string of the molecule is COc1cc(C)n(C)c(=O)c1-c1ccc(C[C@H](NC(c2ccccc2)(c2ccccc2)c2ccccc2)C(=O)O)c2ccccc12. The third-order valence-electron chi connectivity index (χ3n) is 8.87. The third-order valence-corrected chi connectivity index (χ3v) is 8.87. The van der Waals surface area contributed by atoms with Gasteiger partial charge in [-0.25, -0.2) is 0 Å². The van der Waals surface area contributed by atoms with Crippen molar-refractivity contribution in [3.05, 3.63) is 172 Å². The van der Waals surface area contributed by atoms with Crippen molar-refractivity contribution in [1.29, 1.82) is 0 Å². The van der Waals surface area contributed by atoms with E-state index in [1.165, 1.54) is 0 Å². The Morgan fingerprint density at radius 2 is 1.28 bits per heavy atom. The maximum Gasteiger partial charge on any atom is 0.321 e. The predicted molar refractivity (Wildman–Crippen MR) is 183 cm³/mol. The Morgan fingerprint density at radius 1 is 0.783 bits per heavy atom. The van der Waals surface area contributed by atoms with Crippen LogP contribution in [0.2, 0.25) is 0 Å². The van der Waals surface area contributed by atoms with Gasteiger partial charge in [0.15, 0.2) is 0 Å². The van der Waals surface area contributed by atoms with Gasteiger partial charge < -0.3 is 14.4 Å². The highest BCUT2D eigenvalue weighted by Crippen LogP contribution is 2.39. The van der Waals surface area contributed by atoms with Gasteiger partial charge in [-0.15, -0.1) is 0 Å². The number of ether oxygens (including phenoxy) is 1. The first kappa shape index (κ1) is 30.6. The van der Waals surface area contributed by atoms with Crippen LogP contribution in [0.3, 0.4) is 0 Å². The van der Waals surface area contributed by atoms with E-state index in [0.29, 0.717) is 11.3 Å². The lowest BCUT2D eigenvalue weighted by molar-refractivity contribution is -0.139. The molecule has 0 saturated heterocycles. The largest absolute Gasteiger partial charge is 0.496 e. The minimum absolute atomic E-state index is 0.154. The van der Waals surface area contributed by atoms with Crippen LogP contribution in [0.1, 0.15) is 27.9 Å². The molecule has 5 aromatic carbocycles. The number of carbonyl (C=O) groups is 1. The number of fused-ring (bicyclic) bond motifs is 1. The van der Waals surface area contributed by atoms with E-state index in [4.69, 9.17) is 4.74 Å². The first-order valence-corrected chi connectivity index (χ1v) is 15.3. The van der Waals surface area contributed by atoms with Crippen LogP contribution in [0.4, 0.5) is 0 Å². The second kappa shape index (κ2) is 12.9. The van der Waals surface area contributed by atoms with Crippen molar-refractivity contribution < 1.29 is 14.6 Å². The number of rotatable bonds is 10. The summed E-state index contributed by atoms with van der Waals surface area (Å²) in [6.45, 7) is 1.87. The minimum atomic E-state index is -0.975. The fraction of sp³-hybridized carbons (Fsp3) is 0.150. The molecule has 0 aliphatic heterocycles. The molecule has 0 aliphatic carbocycles. The lowest BCUT2D eigenvalue weighted by atomic mass is 9.76. The maximum atomic E-state index is 13.5. The van der Waals surface area contributed by atoms with Crippen LogP contribution in [0.15, 0.2) is 138 Å². The number of carboxylic acid groups (broad SMARTS) is 1. The summed E-state index contributed by atoms with van der Waals surface area (Å²) in [7, 11) is 3.31. The van der Waals surface area contributed by atoms with E-state index in [0.717, 1.165) is 44.3 Å². The normalized spacial score (nSPS) is 12.2. The number of pyridine rings is 1. The van der Waals surface area contributed by atoms with Crippen LogP contribution in [0.5, 0.6) is 5.75 Å². The number of nitrogens with zero attached hydrogens (tertiary/aromatic N) is 1. The van der Waals surface area contributed by atoms with Gasteiger partial charge in [-0.05, 0) is 51.9 Å². The number of aliphatic carboxylic acids is 1. The third kappa shape index (κ3) is 5.48. The molecule has 1 heterocycles. The second-order valence-electron chi connectivity index (χ2n) is 11.5. The van der Waals surface area contributed by atoms with Gasteiger partial charge in [0, 0.05) is 18.8 Å². The van der Waals surface area contributed by atoms with E-state index in [2.05, 4.69) is 5.32 Å². The molecule has 0 saturated carbocycles. The molecule has 0 bridgehead atoms. The van der Waals surface area contributed by atoms with Crippen molar-refractivity contribution in [3.63, 3.8) is 0 Å². The number of methoxy groups -OCH3 is 1. The number of hydrogen-bond donors (Lipinski definition) is 2. The van der Waals surface area contributed by atoms with Crippen LogP contribution in [-0.2, 0) is 23.8 Å². The quantitative estimate of drug-likeness (QED) is 0.162. The number of carboxylic acids is 1. The fourth-order valence-corrected chi connectivity index (χ4v) is 6.45. The lowest BCUT2D eigenvalue weighted by Gasteiger charge is -2.39. The Balaban J connectivity index is 1.51. The van der Waals surface area contributed by atoms with Crippen molar-refractivity contribution >= 4 is 16.7 Å². The van der Waals surface area contributed by atoms with E-state index in [1.807, 2.05) is 140 Å². The minimum Gasteiger partial charge on any atom is -0.496 e. The van der Waals surface area contributed by atoms with Gasteiger partial charge in [-0.3, -0.25) is 14.9 Å². The number of benzene rings is 5. The molecule has 0 unspecified atom stereocenters. The van der Waals surface area contributed by atoms with E-state index < -0.39 is 17.6 Å². The zero-order valence-corrected chi connectivity index (χ0v) is 26.1. The van der Waals surface area contributed by atoms with Gasteiger partial charge in [0.1, 0.15) is 11.8 Å². The summed E-state index contributed by atoms with van der Waals surface area (Å²) >= 11 is 0. The highest BCUT2D eigenvalue weighted by molar-refractivity contribution is 6.00. The predicted octanol–water partition coefficient (Wildman–Crippen LogP) is 7.10. The van der Waals surface area contributed by atoms with Gasteiger partial charge in [0.05, 0.1) is 18.2 Å². The number of nitrogens with one attached hydrogen (secondary N) is 1. The van der Waals surface area contributed by atoms with E-state index in [-0.39, 0.29) is 12.0 Å². The van der Waals surface area contributed by atoms with Crippen LogP contribution < -0.4 is 15.6 Å². The van der Waals surface area contributed by atoms with Gasteiger partial charge in [0.2, 0.25) is 0 Å². The van der Waals surface area contributed by atoms with Gasteiger partial charge in [0.25, 0.3) is 5.56 Å². The van der Waals surface area contributed by atoms with Crippen LogP contribution >= 0.6 is 0 Å². The molecule has 6 heteroatoms. The highest BCUT2D eigenvalue weighted by atomic mass is 16.5. The maximum absolute atomic E-state index is 13.5. The molecule has 6 nitrogen and oxygen atoms in total. The van der Waals surface area contributed by atoms with Gasteiger partial charge >= 0.3 is 5.97 Å². The summed E-state index contributed by atoms with van der Waals surface area (Å²) in [5.74, 6) is -0.462.